The number of anilines is 1. The first-order valence-electron chi connectivity index (χ1n) is 5.65. The topological polar surface area (TPSA) is 62.0 Å². The number of halogens is 4. The molecule has 0 atom stereocenters. The van der Waals surface area contributed by atoms with E-state index >= 15 is 0 Å². The Morgan fingerprint density at radius 2 is 1.95 bits per heavy atom. The van der Waals surface area contributed by atoms with Gasteiger partial charge < -0.3 is 10.3 Å². The summed E-state index contributed by atoms with van der Waals surface area (Å²) in [5, 5.41) is 1.84. The maximum atomic E-state index is 12.9. The highest BCUT2D eigenvalue weighted by molar-refractivity contribution is 6.34. The molecule has 1 aromatic carbocycles. The number of alkyl halides is 3. The van der Waals surface area contributed by atoms with Gasteiger partial charge in [0.25, 0.3) is 5.91 Å². The van der Waals surface area contributed by atoms with E-state index in [1.807, 2.05) is 0 Å². The van der Waals surface area contributed by atoms with E-state index in [1.54, 1.807) is 0 Å². The van der Waals surface area contributed by atoms with Crippen LogP contribution in [0, 0.1) is 0 Å². The fourth-order valence-electron chi connectivity index (χ4n) is 1.66. The molecule has 110 valence electrons. The Labute approximate surface area is 121 Å². The normalized spacial score (nSPS) is 11.2. The van der Waals surface area contributed by atoms with Gasteiger partial charge in [-0.3, -0.25) is 9.59 Å². The van der Waals surface area contributed by atoms with E-state index < -0.39 is 28.9 Å². The maximum absolute atomic E-state index is 12.9. The van der Waals surface area contributed by atoms with Crippen molar-refractivity contribution >= 4 is 23.2 Å². The Morgan fingerprint density at radius 1 is 1.24 bits per heavy atom. The second-order valence-corrected chi connectivity index (χ2v) is 4.46. The van der Waals surface area contributed by atoms with Crippen LogP contribution < -0.4 is 10.9 Å². The summed E-state index contributed by atoms with van der Waals surface area (Å²) in [6.45, 7) is 0. The van der Waals surface area contributed by atoms with Crippen molar-refractivity contribution in [1.29, 1.82) is 0 Å². The summed E-state index contributed by atoms with van der Waals surface area (Å²) >= 11 is 5.72. The molecular formula is C13H8ClF3N2O2. The van der Waals surface area contributed by atoms with Crippen LogP contribution in [0.2, 0.25) is 5.02 Å². The van der Waals surface area contributed by atoms with Gasteiger partial charge in [-0.15, -0.1) is 0 Å². The number of hydrogen-bond donors (Lipinski definition) is 2. The van der Waals surface area contributed by atoms with Gasteiger partial charge in [0, 0.05) is 17.8 Å². The zero-order valence-corrected chi connectivity index (χ0v) is 11.0. The van der Waals surface area contributed by atoms with Crippen LogP contribution in [-0.2, 0) is 6.18 Å². The van der Waals surface area contributed by atoms with Gasteiger partial charge in [-0.2, -0.15) is 13.2 Å². The molecule has 2 rings (SSSR count). The smallest absolute Gasteiger partial charge is 0.329 e. The summed E-state index contributed by atoms with van der Waals surface area (Å²) in [6.07, 6.45) is -3.45. The van der Waals surface area contributed by atoms with Crippen molar-refractivity contribution in [2.24, 2.45) is 0 Å². The monoisotopic (exact) mass is 316 g/mol. The third kappa shape index (κ3) is 3.43. The summed E-state index contributed by atoms with van der Waals surface area (Å²) in [6, 6.07) is 5.40. The van der Waals surface area contributed by atoms with Gasteiger partial charge >= 0.3 is 6.18 Å². The van der Waals surface area contributed by atoms with E-state index in [-0.39, 0.29) is 10.6 Å². The summed E-state index contributed by atoms with van der Waals surface area (Å²) in [5.41, 5.74) is -2.23. The minimum atomic E-state index is -4.67. The molecule has 1 aromatic heterocycles. The average molecular weight is 317 g/mol. The minimum absolute atomic E-state index is 0.0770. The van der Waals surface area contributed by atoms with Crippen LogP contribution in [0.25, 0.3) is 0 Å². The molecule has 0 aliphatic carbocycles. The van der Waals surface area contributed by atoms with Crippen molar-refractivity contribution < 1.29 is 18.0 Å². The van der Waals surface area contributed by atoms with Crippen molar-refractivity contribution in [1.82, 2.24) is 4.98 Å². The van der Waals surface area contributed by atoms with Crippen LogP contribution in [-0.4, -0.2) is 10.9 Å². The molecule has 0 saturated carbocycles. The molecule has 0 bridgehead atoms. The lowest BCUT2D eigenvalue weighted by Gasteiger charge is -2.15. The molecule has 0 aliphatic heterocycles. The third-order valence-corrected chi connectivity index (χ3v) is 2.91. The molecule has 0 fully saturated rings. The highest BCUT2D eigenvalue weighted by Crippen LogP contribution is 2.38. The standard InChI is InChI=1S/C13H8ClF3N2O2/c14-9-3-1-2-8(13(15,16)17)11(9)19-12(21)7-4-5-18-10(20)6-7/h1-6H,(H,18,20)(H,19,21). The Balaban J connectivity index is 2.40. The molecule has 4 nitrogen and oxygen atoms in total. The average Bonchev–Trinajstić information content (AvgIpc) is 2.39. The van der Waals surface area contributed by atoms with E-state index in [0.717, 1.165) is 18.2 Å². The summed E-state index contributed by atoms with van der Waals surface area (Å²) in [5.74, 6) is -0.861. The van der Waals surface area contributed by atoms with Crippen molar-refractivity contribution in [2.45, 2.75) is 6.18 Å². The minimum Gasteiger partial charge on any atom is -0.329 e. The SMILES string of the molecule is O=C(Nc1c(Cl)cccc1C(F)(F)F)c1cc[nH]c(=O)c1. The van der Waals surface area contributed by atoms with E-state index in [9.17, 15) is 22.8 Å². The van der Waals surface area contributed by atoms with Gasteiger partial charge in [-0.1, -0.05) is 17.7 Å². The molecule has 2 N–H and O–H groups in total. The number of rotatable bonds is 2. The number of carbonyl (C=O) groups excluding carboxylic acids is 1. The largest absolute Gasteiger partial charge is 0.418 e. The number of amides is 1. The second kappa shape index (κ2) is 5.61. The summed E-state index contributed by atoms with van der Waals surface area (Å²) in [7, 11) is 0. The van der Waals surface area contributed by atoms with Crippen molar-refractivity contribution in [2.75, 3.05) is 5.32 Å². The Hall–Kier alpha value is -2.28. The molecule has 21 heavy (non-hydrogen) atoms. The number of aromatic nitrogens is 1. The van der Waals surface area contributed by atoms with Gasteiger partial charge in [-0.25, -0.2) is 0 Å². The molecule has 0 aliphatic rings. The highest BCUT2D eigenvalue weighted by Gasteiger charge is 2.34. The first kappa shape index (κ1) is 15.1. The molecular weight excluding hydrogens is 309 g/mol. The Bertz CT molecular complexity index is 741. The van der Waals surface area contributed by atoms with Gasteiger partial charge in [0.05, 0.1) is 16.3 Å². The van der Waals surface area contributed by atoms with Gasteiger partial charge in [0.2, 0.25) is 5.56 Å². The van der Waals surface area contributed by atoms with E-state index in [0.29, 0.717) is 0 Å². The molecule has 1 heterocycles. The predicted octanol–water partition coefficient (Wildman–Crippen LogP) is 3.30. The highest BCUT2D eigenvalue weighted by atomic mass is 35.5. The zero-order valence-electron chi connectivity index (χ0n) is 10.3. The lowest BCUT2D eigenvalue weighted by Crippen LogP contribution is -2.19. The van der Waals surface area contributed by atoms with Crippen molar-refractivity contribution in [3.63, 3.8) is 0 Å². The summed E-state index contributed by atoms with van der Waals surface area (Å²) < 4.78 is 38.6. The van der Waals surface area contributed by atoms with E-state index in [2.05, 4.69) is 10.3 Å². The first-order chi connectivity index (χ1) is 9.79. The number of H-pyrrole nitrogens is 1. The maximum Gasteiger partial charge on any atom is 0.418 e. The number of benzene rings is 1. The van der Waals surface area contributed by atoms with E-state index in [1.165, 1.54) is 18.3 Å². The van der Waals surface area contributed by atoms with Crippen molar-refractivity contribution in [3.05, 3.63) is 63.0 Å². The van der Waals surface area contributed by atoms with Crippen LogP contribution in [0.1, 0.15) is 15.9 Å². The lowest BCUT2D eigenvalue weighted by atomic mass is 10.1. The van der Waals surface area contributed by atoms with Gasteiger partial charge in [-0.05, 0) is 18.2 Å². The van der Waals surface area contributed by atoms with Gasteiger partial charge in [0.1, 0.15) is 0 Å². The zero-order chi connectivity index (χ0) is 15.6. The summed E-state index contributed by atoms with van der Waals surface area (Å²) in [4.78, 5) is 25.3. The Morgan fingerprint density at radius 3 is 2.57 bits per heavy atom. The lowest BCUT2D eigenvalue weighted by molar-refractivity contribution is -0.136. The number of nitrogens with one attached hydrogen (secondary N) is 2. The van der Waals surface area contributed by atoms with Crippen LogP contribution in [0.15, 0.2) is 41.3 Å². The number of para-hydroxylation sites is 1. The molecule has 0 saturated heterocycles. The number of aromatic amines is 1. The number of carbonyl (C=O) groups is 1. The quantitative estimate of drug-likeness (QED) is 0.893. The van der Waals surface area contributed by atoms with Gasteiger partial charge in [0.15, 0.2) is 0 Å². The third-order valence-electron chi connectivity index (χ3n) is 2.59. The van der Waals surface area contributed by atoms with Crippen LogP contribution in [0.4, 0.5) is 18.9 Å². The van der Waals surface area contributed by atoms with Crippen LogP contribution in [0.5, 0.6) is 0 Å². The van der Waals surface area contributed by atoms with Crippen LogP contribution in [0.3, 0.4) is 0 Å². The van der Waals surface area contributed by atoms with E-state index in [4.69, 9.17) is 11.6 Å². The Kier molecular flexibility index (Phi) is 4.04. The number of hydrogen-bond acceptors (Lipinski definition) is 2. The molecule has 0 radical (unpaired) electrons. The fourth-order valence-corrected chi connectivity index (χ4v) is 1.88. The first-order valence-corrected chi connectivity index (χ1v) is 6.02. The molecule has 0 spiro atoms. The number of pyridine rings is 1. The molecule has 8 heteroatoms. The fraction of sp³-hybridized carbons (Fsp3) is 0.0769. The molecule has 0 unspecified atom stereocenters. The second-order valence-electron chi connectivity index (χ2n) is 4.06. The van der Waals surface area contributed by atoms with Crippen LogP contribution >= 0.6 is 11.6 Å². The predicted molar refractivity (Wildman–Crippen MR) is 71.5 cm³/mol. The van der Waals surface area contributed by atoms with Crippen molar-refractivity contribution in [3.8, 4) is 0 Å². The molecule has 1 amide bonds. The molecule has 2 aromatic rings.